The zero-order valence-electron chi connectivity index (χ0n) is 17.9. The van der Waals surface area contributed by atoms with Gasteiger partial charge in [0.25, 0.3) is 11.8 Å². The van der Waals surface area contributed by atoms with Crippen LogP contribution in [-0.2, 0) is 0 Å². The second-order valence-corrected chi connectivity index (χ2v) is 6.53. The molecule has 0 saturated heterocycles. The molecular weight excluding hydrogens is 432 g/mol. The summed E-state index contributed by atoms with van der Waals surface area (Å²) in [5.41, 5.74) is 0.195. The summed E-state index contributed by atoms with van der Waals surface area (Å²) < 4.78 is 15.5. The van der Waals surface area contributed by atoms with E-state index in [4.69, 9.17) is 14.2 Å². The predicted octanol–water partition coefficient (Wildman–Crippen LogP) is 3.52. The van der Waals surface area contributed by atoms with E-state index in [1.54, 1.807) is 36.5 Å². The van der Waals surface area contributed by atoms with Crippen molar-refractivity contribution < 1.29 is 28.7 Å². The minimum absolute atomic E-state index is 0.0108. The van der Waals surface area contributed by atoms with Gasteiger partial charge in [-0.25, -0.2) is 0 Å². The van der Waals surface area contributed by atoms with E-state index < -0.39 is 16.5 Å². The van der Waals surface area contributed by atoms with E-state index >= 15 is 0 Å². The average molecular weight is 452 g/mol. The van der Waals surface area contributed by atoms with E-state index in [-0.39, 0.29) is 28.7 Å². The van der Waals surface area contributed by atoms with Gasteiger partial charge in [-0.3, -0.25) is 24.7 Å². The number of nitro groups is 1. The van der Waals surface area contributed by atoms with Crippen LogP contribution < -0.4 is 24.8 Å². The van der Waals surface area contributed by atoms with Gasteiger partial charge in [0.1, 0.15) is 5.56 Å². The van der Waals surface area contributed by atoms with Crippen molar-refractivity contribution in [3.05, 3.63) is 76.1 Å². The van der Waals surface area contributed by atoms with Crippen molar-refractivity contribution in [2.24, 2.45) is 0 Å². The second-order valence-electron chi connectivity index (χ2n) is 6.53. The standard InChI is InChI=1S/C22H20N4O7/c1-31-17-11-16(18(26(29)30)20(33-3)19(17)32-2)22(28)25-15-8-4-7-14(10-15)24-21(27)13-6-5-9-23-12-13/h4-12H,1-3H3,(H,24,27)(H,25,28). The number of carbonyl (C=O) groups is 2. The molecule has 11 nitrogen and oxygen atoms in total. The number of benzene rings is 2. The van der Waals surface area contributed by atoms with Crippen LogP contribution >= 0.6 is 0 Å². The molecule has 3 rings (SSSR count). The third-order valence-corrected chi connectivity index (χ3v) is 4.53. The van der Waals surface area contributed by atoms with Gasteiger partial charge in [0.05, 0.1) is 31.8 Å². The van der Waals surface area contributed by atoms with E-state index in [0.717, 1.165) is 0 Å². The van der Waals surface area contributed by atoms with Crippen molar-refractivity contribution in [1.29, 1.82) is 0 Å². The van der Waals surface area contributed by atoms with Gasteiger partial charge in [0.2, 0.25) is 11.5 Å². The molecule has 11 heteroatoms. The van der Waals surface area contributed by atoms with Crippen LogP contribution in [-0.4, -0.2) is 43.1 Å². The molecule has 1 heterocycles. The molecule has 0 radical (unpaired) electrons. The van der Waals surface area contributed by atoms with E-state index in [9.17, 15) is 19.7 Å². The number of anilines is 2. The first-order valence-corrected chi connectivity index (χ1v) is 9.49. The van der Waals surface area contributed by atoms with E-state index in [0.29, 0.717) is 16.9 Å². The molecule has 33 heavy (non-hydrogen) atoms. The molecule has 0 fully saturated rings. The van der Waals surface area contributed by atoms with Crippen molar-refractivity contribution in [3.63, 3.8) is 0 Å². The molecular formula is C22H20N4O7. The molecule has 0 aliphatic heterocycles. The average Bonchev–Trinajstić information content (AvgIpc) is 2.83. The zero-order chi connectivity index (χ0) is 24.0. The maximum atomic E-state index is 13.0. The Balaban J connectivity index is 1.91. The van der Waals surface area contributed by atoms with Crippen molar-refractivity contribution in [1.82, 2.24) is 4.98 Å². The van der Waals surface area contributed by atoms with Crippen LogP contribution in [0.4, 0.5) is 17.1 Å². The second kappa shape index (κ2) is 10.1. The lowest BCUT2D eigenvalue weighted by Gasteiger charge is -2.15. The van der Waals surface area contributed by atoms with Crippen LogP contribution in [0.3, 0.4) is 0 Å². The lowest BCUT2D eigenvalue weighted by Crippen LogP contribution is -2.16. The Morgan fingerprint density at radius 2 is 1.58 bits per heavy atom. The number of carbonyl (C=O) groups excluding carboxylic acids is 2. The van der Waals surface area contributed by atoms with Crippen LogP contribution in [0.1, 0.15) is 20.7 Å². The minimum atomic E-state index is -0.781. The number of hydrogen-bond acceptors (Lipinski definition) is 8. The van der Waals surface area contributed by atoms with Crippen molar-refractivity contribution in [2.75, 3.05) is 32.0 Å². The number of nitro benzene ring substituents is 1. The maximum Gasteiger partial charge on any atom is 0.327 e. The van der Waals surface area contributed by atoms with Crippen LogP contribution in [0.5, 0.6) is 17.2 Å². The van der Waals surface area contributed by atoms with Gasteiger partial charge in [-0.2, -0.15) is 0 Å². The van der Waals surface area contributed by atoms with Crippen LogP contribution in [0.2, 0.25) is 0 Å². The topological polar surface area (TPSA) is 142 Å². The Kier molecular flexibility index (Phi) is 7.03. The largest absolute Gasteiger partial charge is 0.493 e. The maximum absolute atomic E-state index is 13.0. The fourth-order valence-electron chi connectivity index (χ4n) is 3.07. The Morgan fingerprint density at radius 3 is 2.12 bits per heavy atom. The summed E-state index contributed by atoms with van der Waals surface area (Å²) in [5, 5.41) is 17.0. The first-order valence-electron chi connectivity index (χ1n) is 9.49. The van der Waals surface area contributed by atoms with Gasteiger partial charge in [0.15, 0.2) is 5.75 Å². The summed E-state index contributed by atoms with van der Waals surface area (Å²) in [6, 6.07) is 10.8. The minimum Gasteiger partial charge on any atom is -0.493 e. The molecule has 0 saturated carbocycles. The molecule has 0 aliphatic carbocycles. The molecule has 2 amide bonds. The Hall–Kier alpha value is -4.67. The molecule has 0 unspecified atom stereocenters. The van der Waals surface area contributed by atoms with Crippen molar-refractivity contribution in [3.8, 4) is 17.2 Å². The summed E-state index contributed by atoms with van der Waals surface area (Å²) in [4.78, 5) is 40.2. The van der Waals surface area contributed by atoms with Gasteiger partial charge in [-0.15, -0.1) is 0 Å². The van der Waals surface area contributed by atoms with Crippen LogP contribution in [0.15, 0.2) is 54.9 Å². The first kappa shape index (κ1) is 23.0. The van der Waals surface area contributed by atoms with Crippen LogP contribution in [0, 0.1) is 10.1 Å². The molecule has 0 bridgehead atoms. The SMILES string of the molecule is COc1cc(C(=O)Nc2cccc(NC(=O)c3cccnc3)c2)c([N+](=O)[O-])c(OC)c1OC. The number of rotatable bonds is 8. The van der Waals surface area contributed by atoms with E-state index in [2.05, 4.69) is 15.6 Å². The molecule has 1 aromatic heterocycles. The fourth-order valence-corrected chi connectivity index (χ4v) is 3.07. The van der Waals surface area contributed by atoms with E-state index in [1.165, 1.54) is 39.7 Å². The Bertz CT molecular complexity index is 1200. The molecule has 0 aliphatic rings. The number of aromatic nitrogens is 1. The molecule has 0 atom stereocenters. The number of nitrogens with zero attached hydrogens (tertiary/aromatic N) is 2. The number of amides is 2. The molecule has 170 valence electrons. The molecule has 0 spiro atoms. The van der Waals surface area contributed by atoms with Gasteiger partial charge in [0, 0.05) is 29.8 Å². The lowest BCUT2D eigenvalue weighted by molar-refractivity contribution is -0.386. The normalized spacial score (nSPS) is 10.2. The number of nitrogens with one attached hydrogen (secondary N) is 2. The fraction of sp³-hybridized carbons (Fsp3) is 0.136. The summed E-state index contributed by atoms with van der Waals surface area (Å²) in [6.07, 6.45) is 2.97. The monoisotopic (exact) mass is 452 g/mol. The summed E-state index contributed by atoms with van der Waals surface area (Å²) >= 11 is 0. The number of methoxy groups -OCH3 is 3. The van der Waals surface area contributed by atoms with Crippen molar-refractivity contribution in [2.45, 2.75) is 0 Å². The Labute approximate surface area is 188 Å². The van der Waals surface area contributed by atoms with Gasteiger partial charge in [-0.05, 0) is 30.3 Å². The summed E-state index contributed by atoms with van der Waals surface area (Å²) in [6.45, 7) is 0. The third-order valence-electron chi connectivity index (χ3n) is 4.53. The Morgan fingerprint density at radius 1 is 0.909 bits per heavy atom. The lowest BCUT2D eigenvalue weighted by atomic mass is 10.1. The molecule has 2 aromatic carbocycles. The highest BCUT2D eigenvalue weighted by molar-refractivity contribution is 6.09. The number of pyridine rings is 1. The van der Waals surface area contributed by atoms with E-state index in [1.807, 2.05) is 0 Å². The number of ether oxygens (including phenoxy) is 3. The smallest absolute Gasteiger partial charge is 0.327 e. The highest BCUT2D eigenvalue weighted by atomic mass is 16.6. The first-order chi connectivity index (χ1) is 15.9. The molecule has 3 aromatic rings. The highest BCUT2D eigenvalue weighted by Gasteiger charge is 2.32. The third kappa shape index (κ3) is 4.98. The summed E-state index contributed by atoms with van der Waals surface area (Å²) in [5.74, 6) is -1.33. The highest BCUT2D eigenvalue weighted by Crippen LogP contribution is 2.46. The van der Waals surface area contributed by atoms with Crippen LogP contribution in [0.25, 0.3) is 0 Å². The zero-order valence-corrected chi connectivity index (χ0v) is 17.9. The van der Waals surface area contributed by atoms with Gasteiger partial charge in [-0.1, -0.05) is 6.07 Å². The quantitative estimate of drug-likeness (QED) is 0.390. The number of hydrogen-bond donors (Lipinski definition) is 2. The summed E-state index contributed by atoms with van der Waals surface area (Å²) in [7, 11) is 3.86. The van der Waals surface area contributed by atoms with Gasteiger partial charge < -0.3 is 24.8 Å². The predicted molar refractivity (Wildman–Crippen MR) is 119 cm³/mol. The molecule has 2 N–H and O–H groups in total. The van der Waals surface area contributed by atoms with Crippen molar-refractivity contribution >= 4 is 28.9 Å². The van der Waals surface area contributed by atoms with Gasteiger partial charge >= 0.3 is 5.69 Å².